The molecule has 4 aromatic rings. The number of piperidine rings is 1. The third-order valence-corrected chi connectivity index (χ3v) is 7.33. The fourth-order valence-electron chi connectivity index (χ4n) is 5.41. The summed E-state index contributed by atoms with van der Waals surface area (Å²) in [6, 6.07) is 10.2. The summed E-state index contributed by atoms with van der Waals surface area (Å²) in [6.45, 7) is 5.21. The van der Waals surface area contributed by atoms with E-state index >= 15 is 0 Å². The standard InChI is InChI=1S/C26H32N8O2/c1-36-15-14-33-13-3-5-19-23(33)26(35)32-34-24(19)30-31-25(34)21-8-7-18-4-2-6-20(22(18)29-21)28-16-17-9-11-27-12-10-17/h2,4,6-8,17,27-28H,3,5,9-16H2,1H3,(H,32,35). The molecule has 0 saturated carbocycles. The number of fused-ring (bicyclic) bond motifs is 4. The van der Waals surface area contributed by atoms with Crippen LogP contribution in [0, 0.1) is 5.92 Å². The van der Waals surface area contributed by atoms with Gasteiger partial charge in [0.15, 0.2) is 5.65 Å². The molecule has 0 unspecified atom stereocenters. The monoisotopic (exact) mass is 488 g/mol. The van der Waals surface area contributed by atoms with Gasteiger partial charge in [-0.25, -0.2) is 4.98 Å². The van der Waals surface area contributed by atoms with Crippen LogP contribution in [0.2, 0.25) is 0 Å². The van der Waals surface area contributed by atoms with E-state index in [0.29, 0.717) is 36.2 Å². The molecule has 2 aliphatic heterocycles. The molecule has 1 saturated heterocycles. The van der Waals surface area contributed by atoms with Crippen molar-refractivity contribution in [1.82, 2.24) is 30.1 Å². The molecule has 1 aromatic carbocycles. The van der Waals surface area contributed by atoms with Crippen molar-refractivity contribution >= 4 is 27.9 Å². The first-order valence-corrected chi connectivity index (χ1v) is 12.8. The van der Waals surface area contributed by atoms with E-state index in [1.807, 2.05) is 6.07 Å². The van der Waals surface area contributed by atoms with Crippen molar-refractivity contribution in [3.8, 4) is 17.4 Å². The van der Waals surface area contributed by atoms with E-state index in [0.717, 1.165) is 66.9 Å². The summed E-state index contributed by atoms with van der Waals surface area (Å²) in [5.41, 5.74) is 4.95. The molecule has 0 aliphatic carbocycles. The molecule has 1 fully saturated rings. The van der Waals surface area contributed by atoms with Gasteiger partial charge in [-0.05, 0) is 56.8 Å². The minimum Gasteiger partial charge on any atom is -0.491 e. The average Bonchev–Trinajstić information content (AvgIpc) is 3.35. The van der Waals surface area contributed by atoms with Crippen LogP contribution >= 0.6 is 0 Å². The lowest BCUT2D eigenvalue weighted by atomic mass is 9.98. The highest BCUT2D eigenvalue weighted by Crippen LogP contribution is 2.37. The van der Waals surface area contributed by atoms with E-state index < -0.39 is 0 Å². The normalized spacial score (nSPS) is 16.5. The van der Waals surface area contributed by atoms with Crippen LogP contribution in [0.15, 0.2) is 30.3 Å². The van der Waals surface area contributed by atoms with E-state index in [9.17, 15) is 5.11 Å². The number of nitrogens with zero attached hydrogens (tertiary/aromatic N) is 6. The molecular formula is C26H32N8O2. The van der Waals surface area contributed by atoms with Crippen molar-refractivity contribution in [3.63, 3.8) is 0 Å². The van der Waals surface area contributed by atoms with Gasteiger partial charge in [0.1, 0.15) is 11.4 Å². The molecule has 0 atom stereocenters. The van der Waals surface area contributed by atoms with Crippen LogP contribution in [0.3, 0.4) is 0 Å². The molecule has 5 heterocycles. The largest absolute Gasteiger partial charge is 0.491 e. The minimum absolute atomic E-state index is 0.0144. The molecule has 10 nitrogen and oxygen atoms in total. The van der Waals surface area contributed by atoms with Crippen LogP contribution in [0.5, 0.6) is 5.88 Å². The number of rotatable bonds is 7. The van der Waals surface area contributed by atoms with Gasteiger partial charge in [0.25, 0.3) is 5.88 Å². The third kappa shape index (κ3) is 4.20. The summed E-state index contributed by atoms with van der Waals surface area (Å²) in [7, 11) is 1.68. The molecule has 0 radical (unpaired) electrons. The lowest BCUT2D eigenvalue weighted by Gasteiger charge is -2.31. The highest BCUT2D eigenvalue weighted by Gasteiger charge is 2.27. The molecular weight excluding hydrogens is 456 g/mol. The Bertz CT molecular complexity index is 1380. The Morgan fingerprint density at radius 2 is 2.06 bits per heavy atom. The van der Waals surface area contributed by atoms with E-state index in [1.54, 1.807) is 11.6 Å². The summed E-state index contributed by atoms with van der Waals surface area (Å²) < 4.78 is 6.88. The van der Waals surface area contributed by atoms with Crippen LogP contribution in [0.25, 0.3) is 28.1 Å². The Balaban J connectivity index is 1.36. The van der Waals surface area contributed by atoms with Gasteiger partial charge in [-0.15, -0.1) is 15.3 Å². The van der Waals surface area contributed by atoms with Crippen molar-refractivity contribution in [2.75, 3.05) is 56.7 Å². The summed E-state index contributed by atoms with van der Waals surface area (Å²) in [4.78, 5) is 7.10. The second-order valence-corrected chi connectivity index (χ2v) is 9.64. The van der Waals surface area contributed by atoms with E-state index in [4.69, 9.17) is 9.72 Å². The number of methoxy groups -OCH3 is 1. The first kappa shape index (κ1) is 22.9. The lowest BCUT2D eigenvalue weighted by Crippen LogP contribution is -2.33. The third-order valence-electron chi connectivity index (χ3n) is 7.33. The summed E-state index contributed by atoms with van der Waals surface area (Å²) in [6.07, 6.45) is 4.15. The molecule has 0 spiro atoms. The van der Waals surface area contributed by atoms with Crippen LogP contribution in [0.1, 0.15) is 24.8 Å². The summed E-state index contributed by atoms with van der Waals surface area (Å²) in [5, 5.41) is 32.5. The number of anilines is 2. The quantitative estimate of drug-likeness (QED) is 0.361. The number of ether oxygens (including phenoxy) is 1. The zero-order valence-electron chi connectivity index (χ0n) is 20.6. The predicted octanol–water partition coefficient (Wildman–Crippen LogP) is 2.86. The summed E-state index contributed by atoms with van der Waals surface area (Å²) >= 11 is 0. The Kier molecular flexibility index (Phi) is 6.28. The summed E-state index contributed by atoms with van der Waals surface area (Å²) in [5.74, 6) is 1.17. The number of para-hydroxylation sites is 1. The smallest absolute Gasteiger partial charge is 0.253 e. The van der Waals surface area contributed by atoms with Gasteiger partial charge in [0, 0.05) is 37.7 Å². The number of hydrogen-bond donors (Lipinski definition) is 3. The zero-order chi connectivity index (χ0) is 24.5. The zero-order valence-corrected chi connectivity index (χ0v) is 20.6. The maximum atomic E-state index is 10.9. The van der Waals surface area contributed by atoms with Gasteiger partial charge >= 0.3 is 0 Å². The highest BCUT2D eigenvalue weighted by atomic mass is 16.5. The molecule has 3 N–H and O–H groups in total. The molecule has 2 aliphatic rings. The van der Waals surface area contributed by atoms with E-state index in [-0.39, 0.29) is 5.88 Å². The van der Waals surface area contributed by atoms with E-state index in [1.165, 1.54) is 12.8 Å². The second-order valence-electron chi connectivity index (χ2n) is 9.64. The number of aromatic hydroxyl groups is 1. The van der Waals surface area contributed by atoms with Gasteiger partial charge in [-0.1, -0.05) is 18.2 Å². The number of pyridine rings is 1. The maximum absolute atomic E-state index is 10.9. The number of nitrogens with one attached hydrogen (secondary N) is 2. The molecule has 10 heteroatoms. The second kappa shape index (κ2) is 9.87. The topological polar surface area (TPSA) is 113 Å². The van der Waals surface area contributed by atoms with Crippen LogP contribution in [-0.2, 0) is 11.2 Å². The Hall–Kier alpha value is -3.50. The molecule has 6 rings (SSSR count). The first-order valence-electron chi connectivity index (χ1n) is 12.8. The van der Waals surface area contributed by atoms with Crippen molar-refractivity contribution in [1.29, 1.82) is 0 Å². The van der Waals surface area contributed by atoms with Gasteiger partial charge in [0.05, 0.1) is 17.8 Å². The first-order chi connectivity index (χ1) is 17.7. The van der Waals surface area contributed by atoms with E-state index in [2.05, 4.69) is 55.1 Å². The van der Waals surface area contributed by atoms with Gasteiger partial charge in [-0.3, -0.25) is 0 Å². The van der Waals surface area contributed by atoms with Crippen molar-refractivity contribution in [3.05, 3.63) is 35.9 Å². The molecule has 0 bridgehead atoms. The molecule has 188 valence electrons. The van der Waals surface area contributed by atoms with Gasteiger partial charge in [0.2, 0.25) is 5.82 Å². The fourth-order valence-corrected chi connectivity index (χ4v) is 5.41. The van der Waals surface area contributed by atoms with Crippen molar-refractivity contribution in [2.24, 2.45) is 5.92 Å². The number of aromatic nitrogens is 5. The highest BCUT2D eigenvalue weighted by molar-refractivity contribution is 5.91. The van der Waals surface area contributed by atoms with Crippen LogP contribution in [-0.4, -0.2) is 76.3 Å². The SMILES string of the molecule is COCCN1CCCc2c1c(O)nn1c(-c3ccc4cccc(NCC5CCNCC5)c4n3)nnc21. The minimum atomic E-state index is -0.0144. The molecule has 0 amide bonds. The Morgan fingerprint density at radius 3 is 2.92 bits per heavy atom. The lowest BCUT2D eigenvalue weighted by molar-refractivity contribution is 0.204. The number of benzene rings is 1. The Morgan fingerprint density at radius 1 is 1.17 bits per heavy atom. The molecule has 3 aromatic heterocycles. The van der Waals surface area contributed by atoms with Crippen molar-refractivity contribution in [2.45, 2.75) is 25.7 Å². The average molecular weight is 489 g/mol. The Labute approximate surface area is 209 Å². The van der Waals surface area contributed by atoms with Gasteiger partial charge < -0.3 is 25.4 Å². The fraction of sp³-hybridized carbons (Fsp3) is 0.462. The maximum Gasteiger partial charge on any atom is 0.253 e. The molecule has 36 heavy (non-hydrogen) atoms. The van der Waals surface area contributed by atoms with Crippen LogP contribution in [0.4, 0.5) is 11.4 Å². The number of hydrogen-bond acceptors (Lipinski definition) is 9. The van der Waals surface area contributed by atoms with Crippen molar-refractivity contribution < 1.29 is 9.84 Å². The van der Waals surface area contributed by atoms with Gasteiger partial charge in [-0.2, -0.15) is 4.52 Å². The number of aryl methyl sites for hydroxylation is 1. The predicted molar refractivity (Wildman–Crippen MR) is 140 cm³/mol. The van der Waals surface area contributed by atoms with Crippen LogP contribution < -0.4 is 15.5 Å².